The van der Waals surface area contributed by atoms with Gasteiger partial charge < -0.3 is 10.6 Å². The predicted octanol–water partition coefficient (Wildman–Crippen LogP) is 0.769. The zero-order valence-corrected chi connectivity index (χ0v) is 12.6. The molecule has 0 aliphatic rings. The minimum Gasteiger partial charge on any atom is -0.354 e. The largest absolute Gasteiger partial charge is 0.354 e. The molecule has 2 N–H and O–H groups in total. The normalized spacial score (nSPS) is 10.5. The Morgan fingerprint density at radius 3 is 2.59 bits per heavy atom. The van der Waals surface area contributed by atoms with Gasteiger partial charge in [-0.15, -0.1) is 0 Å². The Balaban J connectivity index is 1.82. The topological polar surface area (TPSA) is 88.9 Å². The van der Waals surface area contributed by atoms with Crippen molar-refractivity contribution >= 4 is 11.8 Å². The molecule has 0 aliphatic heterocycles. The van der Waals surface area contributed by atoms with Crippen LogP contribution in [0.3, 0.4) is 0 Å². The van der Waals surface area contributed by atoms with Gasteiger partial charge in [0.25, 0.3) is 5.91 Å². The standard InChI is InChI=1S/C15H19N5O2/c1-11(2)14(21)17-5-6-18-15(22)12-3-4-13(19-9-12)20-8-7-16-10-20/h3-4,7-11H,5-6H2,1-2H3,(H,17,21)(H,18,22). The summed E-state index contributed by atoms with van der Waals surface area (Å²) in [6.07, 6.45) is 6.59. The molecule has 0 spiro atoms. The molecule has 7 nitrogen and oxygen atoms in total. The van der Waals surface area contributed by atoms with Crippen LogP contribution in [0.5, 0.6) is 0 Å². The van der Waals surface area contributed by atoms with Gasteiger partial charge in [-0.1, -0.05) is 13.8 Å². The Labute approximate surface area is 128 Å². The van der Waals surface area contributed by atoms with Crippen molar-refractivity contribution < 1.29 is 9.59 Å². The van der Waals surface area contributed by atoms with Crippen molar-refractivity contribution in [1.82, 2.24) is 25.2 Å². The molecule has 0 unspecified atom stereocenters. The number of pyridine rings is 1. The summed E-state index contributed by atoms with van der Waals surface area (Å²) in [5.41, 5.74) is 0.471. The van der Waals surface area contributed by atoms with Crippen LogP contribution in [0.1, 0.15) is 24.2 Å². The van der Waals surface area contributed by atoms with Crippen molar-refractivity contribution in [3.8, 4) is 5.82 Å². The van der Waals surface area contributed by atoms with E-state index in [2.05, 4.69) is 20.6 Å². The van der Waals surface area contributed by atoms with Crippen LogP contribution in [0.15, 0.2) is 37.1 Å². The van der Waals surface area contributed by atoms with Gasteiger partial charge in [0, 0.05) is 37.6 Å². The van der Waals surface area contributed by atoms with Crippen LogP contribution >= 0.6 is 0 Å². The third-order valence-electron chi connectivity index (χ3n) is 3.01. The quantitative estimate of drug-likeness (QED) is 0.771. The number of imidazole rings is 1. The van der Waals surface area contributed by atoms with E-state index in [1.807, 2.05) is 13.8 Å². The average molecular weight is 301 g/mol. The smallest absolute Gasteiger partial charge is 0.252 e. The molecule has 22 heavy (non-hydrogen) atoms. The van der Waals surface area contributed by atoms with Crippen molar-refractivity contribution in [2.75, 3.05) is 13.1 Å². The number of nitrogens with one attached hydrogen (secondary N) is 2. The van der Waals surface area contributed by atoms with Crippen LogP contribution in [0.25, 0.3) is 5.82 Å². The van der Waals surface area contributed by atoms with Crippen LogP contribution in [0.2, 0.25) is 0 Å². The molecule has 7 heteroatoms. The van der Waals surface area contributed by atoms with Gasteiger partial charge in [0.15, 0.2) is 0 Å². The van der Waals surface area contributed by atoms with E-state index in [0.29, 0.717) is 24.5 Å². The lowest BCUT2D eigenvalue weighted by Crippen LogP contribution is -2.36. The highest BCUT2D eigenvalue weighted by Gasteiger charge is 2.08. The van der Waals surface area contributed by atoms with E-state index >= 15 is 0 Å². The number of carbonyl (C=O) groups excluding carboxylic acids is 2. The summed E-state index contributed by atoms with van der Waals surface area (Å²) in [6, 6.07) is 3.45. The van der Waals surface area contributed by atoms with Crippen molar-refractivity contribution in [3.63, 3.8) is 0 Å². The third kappa shape index (κ3) is 4.15. The molecule has 116 valence electrons. The molecule has 0 radical (unpaired) electrons. The van der Waals surface area contributed by atoms with Gasteiger partial charge in [-0.2, -0.15) is 0 Å². The summed E-state index contributed by atoms with van der Waals surface area (Å²) >= 11 is 0. The monoisotopic (exact) mass is 301 g/mol. The molecule has 0 saturated heterocycles. The van der Waals surface area contributed by atoms with E-state index < -0.39 is 0 Å². The van der Waals surface area contributed by atoms with Gasteiger partial charge in [-0.25, -0.2) is 9.97 Å². The first-order valence-corrected chi connectivity index (χ1v) is 7.08. The fourth-order valence-corrected chi connectivity index (χ4v) is 1.74. The van der Waals surface area contributed by atoms with Gasteiger partial charge in [-0.3, -0.25) is 14.2 Å². The lowest BCUT2D eigenvalue weighted by Gasteiger charge is -2.09. The van der Waals surface area contributed by atoms with Crippen molar-refractivity contribution in [3.05, 3.63) is 42.6 Å². The number of amides is 2. The van der Waals surface area contributed by atoms with Crippen molar-refractivity contribution in [2.45, 2.75) is 13.8 Å². The maximum Gasteiger partial charge on any atom is 0.252 e. The van der Waals surface area contributed by atoms with E-state index in [1.165, 1.54) is 6.20 Å². The molecule has 0 fully saturated rings. The number of rotatable bonds is 6. The van der Waals surface area contributed by atoms with Crippen LogP contribution < -0.4 is 10.6 Å². The second-order valence-electron chi connectivity index (χ2n) is 5.08. The fraction of sp³-hybridized carbons (Fsp3) is 0.333. The molecule has 2 rings (SSSR count). The SMILES string of the molecule is CC(C)C(=O)NCCNC(=O)c1ccc(-n2ccnc2)nc1. The summed E-state index contributed by atoms with van der Waals surface area (Å²) in [7, 11) is 0. The Morgan fingerprint density at radius 2 is 2.00 bits per heavy atom. The summed E-state index contributed by atoms with van der Waals surface area (Å²) < 4.78 is 1.75. The molecule has 2 amide bonds. The lowest BCUT2D eigenvalue weighted by atomic mass is 10.2. The Hall–Kier alpha value is -2.70. The molecule has 0 bridgehead atoms. The van der Waals surface area contributed by atoms with Gasteiger partial charge in [0.2, 0.25) is 5.91 Å². The maximum absolute atomic E-state index is 11.9. The second kappa shape index (κ2) is 7.35. The number of nitrogens with zero attached hydrogens (tertiary/aromatic N) is 3. The molecule has 2 aromatic heterocycles. The van der Waals surface area contributed by atoms with Crippen LogP contribution in [0, 0.1) is 5.92 Å². The minimum atomic E-state index is -0.219. The number of hydrogen-bond donors (Lipinski definition) is 2. The minimum absolute atomic E-state index is 0.0272. The molecule has 2 aromatic rings. The Morgan fingerprint density at radius 1 is 1.23 bits per heavy atom. The van der Waals surface area contributed by atoms with Crippen LogP contribution in [0.4, 0.5) is 0 Å². The molecule has 0 aliphatic carbocycles. The van der Waals surface area contributed by atoms with Gasteiger partial charge in [0.1, 0.15) is 12.1 Å². The average Bonchev–Trinajstić information content (AvgIpc) is 3.05. The zero-order chi connectivity index (χ0) is 15.9. The first-order valence-electron chi connectivity index (χ1n) is 7.08. The van der Waals surface area contributed by atoms with Gasteiger partial charge in [-0.05, 0) is 12.1 Å². The molecule has 0 aromatic carbocycles. The first kappa shape index (κ1) is 15.7. The Kier molecular flexibility index (Phi) is 5.24. The van der Waals surface area contributed by atoms with Crippen molar-refractivity contribution in [1.29, 1.82) is 0 Å². The summed E-state index contributed by atoms with van der Waals surface area (Å²) in [5, 5.41) is 5.47. The molecular formula is C15H19N5O2. The van der Waals surface area contributed by atoms with Crippen LogP contribution in [-0.2, 0) is 4.79 Å². The fourth-order valence-electron chi connectivity index (χ4n) is 1.74. The van der Waals surface area contributed by atoms with E-state index in [0.717, 1.165) is 0 Å². The highest BCUT2D eigenvalue weighted by atomic mass is 16.2. The van der Waals surface area contributed by atoms with Crippen LogP contribution in [-0.4, -0.2) is 39.4 Å². The zero-order valence-electron chi connectivity index (χ0n) is 12.6. The summed E-state index contributed by atoms with van der Waals surface area (Å²) in [5.74, 6) is 0.387. The summed E-state index contributed by atoms with van der Waals surface area (Å²) in [4.78, 5) is 31.5. The highest BCUT2D eigenvalue weighted by Crippen LogP contribution is 2.05. The Bertz CT molecular complexity index is 620. The van der Waals surface area contributed by atoms with E-state index in [9.17, 15) is 9.59 Å². The molecule has 0 saturated carbocycles. The van der Waals surface area contributed by atoms with Gasteiger partial charge >= 0.3 is 0 Å². The van der Waals surface area contributed by atoms with E-state index in [-0.39, 0.29) is 17.7 Å². The number of carbonyl (C=O) groups is 2. The molecular weight excluding hydrogens is 282 g/mol. The second-order valence-corrected chi connectivity index (χ2v) is 5.08. The highest BCUT2D eigenvalue weighted by molar-refractivity contribution is 5.93. The molecule has 2 heterocycles. The molecule has 0 atom stereocenters. The van der Waals surface area contributed by atoms with E-state index in [1.54, 1.807) is 35.4 Å². The summed E-state index contributed by atoms with van der Waals surface area (Å²) in [6.45, 7) is 4.42. The number of aromatic nitrogens is 3. The van der Waals surface area contributed by atoms with Gasteiger partial charge in [0.05, 0.1) is 5.56 Å². The predicted molar refractivity (Wildman–Crippen MR) is 81.5 cm³/mol. The van der Waals surface area contributed by atoms with Crippen molar-refractivity contribution in [2.24, 2.45) is 5.92 Å². The lowest BCUT2D eigenvalue weighted by molar-refractivity contribution is -0.123. The first-order chi connectivity index (χ1) is 10.6. The van der Waals surface area contributed by atoms with E-state index in [4.69, 9.17) is 0 Å². The maximum atomic E-state index is 11.9. The number of hydrogen-bond acceptors (Lipinski definition) is 4. The third-order valence-corrected chi connectivity index (χ3v) is 3.01.